The molecule has 2 rings (SSSR count). The van der Waals surface area contributed by atoms with Crippen molar-refractivity contribution in [3.8, 4) is 0 Å². The van der Waals surface area contributed by atoms with E-state index in [0.29, 0.717) is 0 Å². The van der Waals surface area contributed by atoms with Crippen LogP contribution in [0, 0.1) is 58.2 Å². The van der Waals surface area contributed by atoms with Gasteiger partial charge in [-0.2, -0.15) is 0 Å². The Morgan fingerprint density at radius 2 is 0.542 bits per heavy atom. The molecule has 0 N–H and O–H groups in total. The van der Waals surface area contributed by atoms with Crippen molar-refractivity contribution in [2.45, 2.75) is 0 Å². The fraction of sp³-hybridized carbons (Fsp3) is 0. The van der Waals surface area contributed by atoms with Gasteiger partial charge in [0.2, 0.25) is 0 Å². The normalized spacial score (nSPS) is 11.1. The van der Waals surface area contributed by atoms with Crippen LogP contribution in [0.1, 0.15) is 0 Å². The Hall–Kier alpha value is -0.858. The van der Waals surface area contributed by atoms with Gasteiger partial charge in [0.1, 0.15) is 0 Å². The zero-order valence-corrected chi connectivity index (χ0v) is 16.8. The zero-order valence-electron chi connectivity index (χ0n) is 10.7. The molecule has 0 fully saturated rings. The van der Waals surface area contributed by atoms with Gasteiger partial charge in [0.25, 0.3) is 0 Å². The van der Waals surface area contributed by atoms with Gasteiger partial charge in [0, 0.05) is 0 Å². The summed E-state index contributed by atoms with van der Waals surface area (Å²) in [6.07, 6.45) is 0. The first-order valence-corrected chi connectivity index (χ1v) is 19.9. The molecule has 2 aromatic carbocycles. The second-order valence-electron chi connectivity index (χ2n) is 4.33. The quantitative estimate of drug-likeness (QED) is 0.209. The molecule has 0 amide bonds. The molecule has 0 atom stereocenters. The predicted octanol–water partition coefficient (Wildman–Crippen LogP) is 3.58. The van der Waals surface area contributed by atoms with E-state index < -0.39 is 84.7 Å². The Balaban J connectivity index is 2.84. The maximum atomic E-state index is 13.7. The van der Waals surface area contributed by atoms with Gasteiger partial charge >= 0.3 is 141 Å². The van der Waals surface area contributed by atoms with Crippen LogP contribution < -0.4 is 6.25 Å². The average molecular weight is 618 g/mol. The Morgan fingerprint density at radius 3 is 0.750 bits per heavy atom. The number of hydrogen-bond acceptors (Lipinski definition) is 0. The first-order chi connectivity index (χ1) is 11.0. The van der Waals surface area contributed by atoms with Crippen LogP contribution in [0.15, 0.2) is 0 Å². The third kappa shape index (κ3) is 2.82. The van der Waals surface area contributed by atoms with Gasteiger partial charge in [0.05, 0.1) is 0 Å². The third-order valence-corrected chi connectivity index (χ3v) is 18.9. The molecule has 128 valence electrons. The van der Waals surface area contributed by atoms with Crippen molar-refractivity contribution in [1.82, 2.24) is 0 Å². The van der Waals surface area contributed by atoms with Crippen molar-refractivity contribution in [1.29, 1.82) is 0 Å². The Kier molecular flexibility index (Phi) is 5.52. The summed E-state index contributed by atoms with van der Waals surface area (Å²) in [5, 5.41) is 0. The van der Waals surface area contributed by atoms with E-state index in [4.69, 9.17) is 0 Å². The van der Waals surface area contributed by atoms with E-state index in [1.165, 1.54) is 0 Å². The van der Waals surface area contributed by atoms with Crippen molar-refractivity contribution in [2.75, 3.05) is 0 Å². The van der Waals surface area contributed by atoms with Crippen molar-refractivity contribution < 1.29 is 43.9 Å². The molecule has 12 heteroatoms. The molecule has 0 radical (unpaired) electrons. The molecule has 0 aromatic heterocycles. The Bertz CT molecular complexity index is 725. The number of hydrogen-bond donors (Lipinski definition) is 0. The van der Waals surface area contributed by atoms with E-state index in [2.05, 4.69) is 12.0 Å². The van der Waals surface area contributed by atoms with Crippen LogP contribution in [-0.2, 0) is 0 Å². The summed E-state index contributed by atoms with van der Waals surface area (Å²) in [4.78, 5) is 0. The van der Waals surface area contributed by atoms with Gasteiger partial charge < -0.3 is 0 Å². The standard InChI is InChI=1S/2C6F5.BrH.Tl/c2*7-2-1-3(8)5(10)6(11)4(2)9;;/h;;1H;/q;;;+1/p-1. The summed E-state index contributed by atoms with van der Waals surface area (Å²) in [6.45, 7) is 0. The van der Waals surface area contributed by atoms with Crippen LogP contribution in [-0.4, -0.2) is 20.3 Å². The van der Waals surface area contributed by atoms with E-state index in [1.807, 2.05) is 0 Å². The van der Waals surface area contributed by atoms with Crippen molar-refractivity contribution in [2.24, 2.45) is 0 Å². The molecule has 0 spiro atoms. The number of halogens is 11. The summed E-state index contributed by atoms with van der Waals surface area (Å²) in [5.74, 6) is -24.2. The van der Waals surface area contributed by atoms with Gasteiger partial charge in [-0.15, -0.1) is 0 Å². The molecule has 2 aromatic rings. The van der Waals surface area contributed by atoms with Crippen LogP contribution in [0.25, 0.3) is 0 Å². The topological polar surface area (TPSA) is 0 Å². The summed E-state index contributed by atoms with van der Waals surface area (Å²) >= 11 is -2.77. The third-order valence-electron chi connectivity index (χ3n) is 2.99. The molecular weight excluding hydrogens is 618 g/mol. The van der Waals surface area contributed by atoms with Gasteiger partial charge in [-0.05, 0) is 0 Å². The molecule has 0 heterocycles. The van der Waals surface area contributed by atoms with E-state index in [0.717, 1.165) is 0 Å². The summed E-state index contributed by atoms with van der Waals surface area (Å²) in [7, 11) is 0. The molecule has 24 heavy (non-hydrogen) atoms. The molecule has 0 unspecified atom stereocenters. The molecule has 0 aliphatic rings. The van der Waals surface area contributed by atoms with Crippen LogP contribution in [0.4, 0.5) is 43.9 Å². The molecule has 0 saturated carbocycles. The van der Waals surface area contributed by atoms with Crippen molar-refractivity contribution >= 4 is 38.5 Å². The van der Waals surface area contributed by atoms with Gasteiger partial charge in [-0.25, -0.2) is 0 Å². The monoisotopic (exact) mass is 618 g/mol. The minimum absolute atomic E-state index is 1.59. The Morgan fingerprint density at radius 1 is 0.375 bits per heavy atom. The van der Waals surface area contributed by atoms with Crippen molar-refractivity contribution in [3.05, 3.63) is 58.2 Å². The van der Waals surface area contributed by atoms with Gasteiger partial charge in [0.15, 0.2) is 0 Å². The van der Waals surface area contributed by atoms with Crippen molar-refractivity contribution in [3.63, 3.8) is 0 Å². The summed E-state index contributed by atoms with van der Waals surface area (Å²) < 4.78 is 130. The van der Waals surface area contributed by atoms with Crippen LogP contribution >= 0.6 is 12.0 Å². The SMILES string of the molecule is Fc1c(F)c(F)[c]([Tl]([Br])[c]2c(F)c(F)c(F)c(F)c2F)c(F)c1F. The summed E-state index contributed by atoms with van der Waals surface area (Å²) in [5.41, 5.74) is 0. The first-order valence-electron chi connectivity index (χ1n) is 5.69. The van der Waals surface area contributed by atoms with E-state index in [-0.39, 0.29) is 0 Å². The second kappa shape index (κ2) is 6.80. The molecule has 0 aliphatic heterocycles. The zero-order chi connectivity index (χ0) is 18.5. The molecular formula is C12BrF10Tl. The second-order valence-corrected chi connectivity index (χ2v) is 19.7. The molecule has 0 nitrogen and oxygen atoms in total. The van der Waals surface area contributed by atoms with Gasteiger partial charge in [-0.1, -0.05) is 0 Å². The molecule has 0 aliphatic carbocycles. The molecule has 0 saturated heterocycles. The van der Waals surface area contributed by atoms with E-state index in [1.54, 1.807) is 0 Å². The van der Waals surface area contributed by atoms with Crippen LogP contribution in [0.5, 0.6) is 0 Å². The maximum absolute atomic E-state index is 13.7. The first kappa shape index (κ1) is 19.5. The number of rotatable bonds is 2. The van der Waals surface area contributed by atoms with E-state index in [9.17, 15) is 43.9 Å². The van der Waals surface area contributed by atoms with Gasteiger partial charge in [-0.3, -0.25) is 0 Å². The number of benzene rings is 2. The fourth-order valence-electron chi connectivity index (χ4n) is 1.83. The van der Waals surface area contributed by atoms with Crippen LogP contribution in [0.3, 0.4) is 0 Å². The van der Waals surface area contributed by atoms with E-state index >= 15 is 0 Å². The molecule has 0 bridgehead atoms. The average Bonchev–Trinajstić information content (AvgIpc) is 2.55. The summed E-state index contributed by atoms with van der Waals surface area (Å²) in [6, 6.07) is 0. The minimum atomic E-state index is -5.21. The Labute approximate surface area is 140 Å². The van der Waals surface area contributed by atoms with Crippen LogP contribution in [0.2, 0.25) is 0 Å². The predicted molar refractivity (Wildman–Crippen MR) is 66.4 cm³/mol. The fourth-order valence-corrected chi connectivity index (χ4v) is 15.4.